The zero-order chi connectivity index (χ0) is 8.48. The van der Waals surface area contributed by atoms with Gasteiger partial charge in [-0.2, -0.15) is 0 Å². The molecule has 0 radical (unpaired) electrons. The lowest BCUT2D eigenvalue weighted by molar-refractivity contribution is 0.118. The molecule has 1 aromatic heterocycles. The lowest BCUT2D eigenvalue weighted by Crippen LogP contribution is -2.18. The molecule has 0 aliphatic rings. The van der Waals surface area contributed by atoms with E-state index in [1.807, 2.05) is 7.05 Å². The normalized spacial score (nSPS) is 15.5. The van der Waals surface area contributed by atoms with Crippen molar-refractivity contribution in [1.29, 1.82) is 0 Å². The number of nitrogens with zero attached hydrogens (tertiary/aromatic N) is 2. The van der Waals surface area contributed by atoms with Crippen LogP contribution in [0.25, 0.3) is 0 Å². The topological polar surface area (TPSA) is 38.0 Å². The minimum atomic E-state index is -1.25. The van der Waals surface area contributed by atoms with Gasteiger partial charge in [0.05, 0.1) is 6.33 Å². The first-order valence-corrected chi connectivity index (χ1v) is 3.25. The number of rotatable bonds is 1. The van der Waals surface area contributed by atoms with Crippen molar-refractivity contribution >= 4 is 0 Å². The van der Waals surface area contributed by atoms with Crippen LogP contribution in [0.4, 0.5) is 0 Å². The molecule has 3 heteroatoms. The third-order valence-corrected chi connectivity index (χ3v) is 1.48. The summed E-state index contributed by atoms with van der Waals surface area (Å²) in [5.41, 5.74) is -0.746. The molecule has 3 nitrogen and oxygen atoms in total. The largest absolute Gasteiger partial charge is 0.372 e. The molecule has 11 heavy (non-hydrogen) atoms. The highest BCUT2D eigenvalue weighted by Crippen LogP contribution is 2.15. The van der Waals surface area contributed by atoms with Crippen molar-refractivity contribution in [2.24, 2.45) is 7.05 Å². The van der Waals surface area contributed by atoms with Gasteiger partial charge in [0.15, 0.2) is 5.60 Å². The summed E-state index contributed by atoms with van der Waals surface area (Å²) in [6.07, 6.45) is 8.39. The van der Waals surface area contributed by atoms with E-state index in [9.17, 15) is 5.11 Å². The molecule has 0 saturated carbocycles. The molecule has 58 valence electrons. The zero-order valence-electron chi connectivity index (χ0n) is 6.57. The molecular formula is C8H10N2O. The standard InChI is InChI=1S/C8H10N2O/c1-4-8(2,11)7-5-10(3)6-9-7/h1,5-6,11H,2-3H3. The second kappa shape index (κ2) is 2.40. The number of aryl methyl sites for hydroxylation is 1. The van der Waals surface area contributed by atoms with Gasteiger partial charge in [0.25, 0.3) is 0 Å². The van der Waals surface area contributed by atoms with Crippen LogP contribution < -0.4 is 0 Å². The van der Waals surface area contributed by atoms with Crippen molar-refractivity contribution in [3.63, 3.8) is 0 Å². The number of aliphatic hydroxyl groups is 1. The third kappa shape index (κ3) is 1.41. The minimum absolute atomic E-state index is 0.502. The summed E-state index contributed by atoms with van der Waals surface area (Å²) in [5, 5.41) is 9.50. The van der Waals surface area contributed by atoms with E-state index >= 15 is 0 Å². The monoisotopic (exact) mass is 150 g/mol. The van der Waals surface area contributed by atoms with E-state index in [0.29, 0.717) is 5.69 Å². The first-order valence-electron chi connectivity index (χ1n) is 3.25. The molecule has 0 amide bonds. The Morgan fingerprint density at radius 1 is 1.82 bits per heavy atom. The maximum absolute atomic E-state index is 9.50. The van der Waals surface area contributed by atoms with E-state index < -0.39 is 5.60 Å². The molecule has 1 atom stereocenters. The van der Waals surface area contributed by atoms with Crippen LogP contribution in [-0.2, 0) is 12.6 Å². The van der Waals surface area contributed by atoms with Gasteiger partial charge in [-0.05, 0) is 6.92 Å². The van der Waals surface area contributed by atoms with Crippen molar-refractivity contribution in [1.82, 2.24) is 9.55 Å². The van der Waals surface area contributed by atoms with Crippen LogP contribution in [0.3, 0.4) is 0 Å². The number of imidazole rings is 1. The molecule has 0 aromatic carbocycles. The van der Waals surface area contributed by atoms with Crippen molar-refractivity contribution in [2.75, 3.05) is 0 Å². The molecule has 0 fully saturated rings. The molecular weight excluding hydrogens is 140 g/mol. The maximum atomic E-state index is 9.50. The van der Waals surface area contributed by atoms with Gasteiger partial charge in [-0.15, -0.1) is 6.42 Å². The van der Waals surface area contributed by atoms with Crippen LogP contribution in [0.2, 0.25) is 0 Å². The van der Waals surface area contributed by atoms with E-state index in [4.69, 9.17) is 6.42 Å². The first kappa shape index (κ1) is 7.83. The summed E-state index contributed by atoms with van der Waals surface area (Å²) in [6, 6.07) is 0. The maximum Gasteiger partial charge on any atom is 0.166 e. The van der Waals surface area contributed by atoms with Crippen LogP contribution in [0.5, 0.6) is 0 Å². The van der Waals surface area contributed by atoms with E-state index in [-0.39, 0.29) is 0 Å². The summed E-state index contributed by atoms with van der Waals surface area (Å²) in [6.45, 7) is 1.54. The lowest BCUT2D eigenvalue weighted by Gasteiger charge is -2.11. The summed E-state index contributed by atoms with van der Waals surface area (Å²) in [4.78, 5) is 3.93. The van der Waals surface area contributed by atoms with Crippen LogP contribution in [0, 0.1) is 12.3 Å². The molecule has 0 spiro atoms. The Bertz CT molecular complexity index is 293. The number of terminal acetylenes is 1. The fourth-order valence-electron chi connectivity index (χ4n) is 0.738. The van der Waals surface area contributed by atoms with Gasteiger partial charge in [0, 0.05) is 13.2 Å². The molecule has 0 aliphatic carbocycles. The summed E-state index contributed by atoms with van der Waals surface area (Å²) < 4.78 is 1.74. The highest BCUT2D eigenvalue weighted by molar-refractivity contribution is 5.20. The van der Waals surface area contributed by atoms with Gasteiger partial charge in [-0.1, -0.05) is 5.92 Å². The van der Waals surface area contributed by atoms with Crippen LogP contribution >= 0.6 is 0 Å². The molecule has 1 aromatic rings. The number of aromatic nitrogens is 2. The highest BCUT2D eigenvalue weighted by atomic mass is 16.3. The summed E-state index contributed by atoms with van der Waals surface area (Å²) in [7, 11) is 1.82. The second-order valence-electron chi connectivity index (χ2n) is 2.64. The minimum Gasteiger partial charge on any atom is -0.372 e. The average Bonchev–Trinajstić information content (AvgIpc) is 2.36. The zero-order valence-corrected chi connectivity index (χ0v) is 6.57. The van der Waals surface area contributed by atoms with Gasteiger partial charge in [0.1, 0.15) is 5.69 Å². The van der Waals surface area contributed by atoms with Gasteiger partial charge < -0.3 is 9.67 Å². The molecule has 1 N–H and O–H groups in total. The third-order valence-electron chi connectivity index (χ3n) is 1.48. The van der Waals surface area contributed by atoms with Gasteiger partial charge in [-0.3, -0.25) is 0 Å². The fourth-order valence-corrected chi connectivity index (χ4v) is 0.738. The molecule has 0 bridgehead atoms. The van der Waals surface area contributed by atoms with Crippen molar-refractivity contribution < 1.29 is 5.11 Å². The Balaban J connectivity index is 3.04. The van der Waals surface area contributed by atoms with E-state index in [0.717, 1.165) is 0 Å². The van der Waals surface area contributed by atoms with Crippen molar-refractivity contribution in [3.8, 4) is 12.3 Å². The Kier molecular flexibility index (Phi) is 1.71. The van der Waals surface area contributed by atoms with Crippen LogP contribution in [0.15, 0.2) is 12.5 Å². The Morgan fingerprint density at radius 3 is 2.82 bits per heavy atom. The molecule has 0 saturated heterocycles. The van der Waals surface area contributed by atoms with Crippen LogP contribution in [0.1, 0.15) is 12.6 Å². The second-order valence-corrected chi connectivity index (χ2v) is 2.64. The summed E-state index contributed by atoms with van der Waals surface area (Å²) in [5.74, 6) is 2.25. The lowest BCUT2D eigenvalue weighted by atomic mass is 10.1. The van der Waals surface area contributed by atoms with E-state index in [2.05, 4.69) is 10.9 Å². The Morgan fingerprint density at radius 2 is 2.45 bits per heavy atom. The summed E-state index contributed by atoms with van der Waals surface area (Å²) >= 11 is 0. The smallest absolute Gasteiger partial charge is 0.166 e. The van der Waals surface area contributed by atoms with Gasteiger partial charge in [-0.25, -0.2) is 4.98 Å². The SMILES string of the molecule is C#CC(C)(O)c1cn(C)cn1. The highest BCUT2D eigenvalue weighted by Gasteiger charge is 2.21. The molecule has 1 unspecified atom stereocenters. The average molecular weight is 150 g/mol. The van der Waals surface area contributed by atoms with Gasteiger partial charge in [0.2, 0.25) is 0 Å². The van der Waals surface area contributed by atoms with Gasteiger partial charge >= 0.3 is 0 Å². The number of hydrogen-bond donors (Lipinski definition) is 1. The predicted octanol–water partition coefficient (Wildman–Crippen LogP) is 0.261. The van der Waals surface area contributed by atoms with E-state index in [1.54, 1.807) is 17.1 Å². The number of hydrogen-bond acceptors (Lipinski definition) is 2. The molecule has 1 heterocycles. The predicted molar refractivity (Wildman–Crippen MR) is 41.6 cm³/mol. The molecule has 1 rings (SSSR count). The van der Waals surface area contributed by atoms with Crippen LogP contribution in [-0.4, -0.2) is 14.7 Å². The first-order chi connectivity index (χ1) is 5.06. The quantitative estimate of drug-likeness (QED) is 0.583. The Labute approximate surface area is 65.7 Å². The fraction of sp³-hybridized carbons (Fsp3) is 0.375. The Hall–Kier alpha value is -1.27. The van der Waals surface area contributed by atoms with Crippen molar-refractivity contribution in [2.45, 2.75) is 12.5 Å². The van der Waals surface area contributed by atoms with Crippen molar-refractivity contribution in [3.05, 3.63) is 18.2 Å². The van der Waals surface area contributed by atoms with E-state index in [1.165, 1.54) is 6.92 Å². The molecule has 0 aliphatic heterocycles.